The molecule has 2 aliphatic rings. The predicted octanol–water partition coefficient (Wildman–Crippen LogP) is 3.31. The molecule has 2 amide bonds. The molecule has 31 heavy (non-hydrogen) atoms. The number of imide groups is 1. The molecule has 2 heterocycles. The Morgan fingerprint density at radius 1 is 0.968 bits per heavy atom. The second-order valence-corrected chi connectivity index (χ2v) is 8.47. The van der Waals surface area contributed by atoms with Crippen LogP contribution in [0.1, 0.15) is 77.2 Å². The SMILES string of the molecule is O=C1c2ccccc2C(=O)N1Cc1coc(CCCNCCCNC2CCCCC2)n1. The van der Waals surface area contributed by atoms with Gasteiger partial charge < -0.3 is 15.1 Å². The van der Waals surface area contributed by atoms with Gasteiger partial charge in [0.1, 0.15) is 6.26 Å². The molecule has 0 unspecified atom stereocenters. The van der Waals surface area contributed by atoms with Crippen LogP contribution in [-0.4, -0.2) is 47.4 Å². The van der Waals surface area contributed by atoms with E-state index in [1.165, 1.54) is 37.0 Å². The molecule has 166 valence electrons. The third-order valence-electron chi connectivity index (χ3n) is 6.11. The number of benzene rings is 1. The summed E-state index contributed by atoms with van der Waals surface area (Å²) in [5.41, 5.74) is 1.51. The molecule has 0 bridgehead atoms. The van der Waals surface area contributed by atoms with E-state index in [1.807, 2.05) is 0 Å². The normalized spacial score (nSPS) is 16.8. The van der Waals surface area contributed by atoms with Gasteiger partial charge in [-0.05, 0) is 57.5 Å². The van der Waals surface area contributed by atoms with E-state index in [2.05, 4.69) is 15.6 Å². The molecular formula is C24H32N4O3. The molecule has 1 aliphatic heterocycles. The highest BCUT2D eigenvalue weighted by atomic mass is 16.3. The van der Waals surface area contributed by atoms with Gasteiger partial charge in [0.05, 0.1) is 23.4 Å². The van der Waals surface area contributed by atoms with Crippen LogP contribution in [0.15, 0.2) is 34.9 Å². The number of carbonyl (C=O) groups excluding carboxylic acids is 2. The molecular weight excluding hydrogens is 392 g/mol. The van der Waals surface area contributed by atoms with E-state index in [1.54, 1.807) is 30.5 Å². The number of nitrogens with one attached hydrogen (secondary N) is 2. The summed E-state index contributed by atoms with van der Waals surface area (Å²) in [5, 5.41) is 7.14. The molecule has 7 heteroatoms. The van der Waals surface area contributed by atoms with Crippen molar-refractivity contribution in [1.82, 2.24) is 20.5 Å². The van der Waals surface area contributed by atoms with E-state index in [-0.39, 0.29) is 18.4 Å². The lowest BCUT2D eigenvalue weighted by atomic mass is 9.95. The van der Waals surface area contributed by atoms with Crippen molar-refractivity contribution in [3.63, 3.8) is 0 Å². The number of hydrogen-bond acceptors (Lipinski definition) is 6. The quantitative estimate of drug-likeness (QED) is 0.425. The predicted molar refractivity (Wildman–Crippen MR) is 118 cm³/mol. The summed E-state index contributed by atoms with van der Waals surface area (Å²) in [5.74, 6) is 0.104. The standard InChI is InChI=1S/C24H32N4O3/c29-23-20-10-4-5-11-21(20)24(30)28(23)16-19-17-31-22(27-19)12-6-13-25-14-7-15-26-18-8-2-1-3-9-18/h4-5,10-11,17-18,25-26H,1-3,6-9,12-16H2. The third-order valence-corrected chi connectivity index (χ3v) is 6.11. The Kier molecular flexibility index (Phi) is 7.48. The highest BCUT2D eigenvalue weighted by Gasteiger charge is 2.35. The second kappa shape index (κ2) is 10.7. The van der Waals surface area contributed by atoms with Gasteiger partial charge in [-0.2, -0.15) is 0 Å². The Morgan fingerprint density at radius 2 is 1.68 bits per heavy atom. The number of fused-ring (bicyclic) bond motifs is 1. The molecule has 1 aromatic heterocycles. The molecule has 4 rings (SSSR count). The van der Waals surface area contributed by atoms with Crippen molar-refractivity contribution >= 4 is 11.8 Å². The number of aromatic nitrogens is 1. The van der Waals surface area contributed by atoms with Crippen LogP contribution in [0.5, 0.6) is 0 Å². The topological polar surface area (TPSA) is 87.5 Å². The van der Waals surface area contributed by atoms with E-state index in [0.29, 0.717) is 22.7 Å². The third kappa shape index (κ3) is 5.60. The Morgan fingerprint density at radius 3 is 2.42 bits per heavy atom. The number of hydrogen-bond donors (Lipinski definition) is 2. The number of amides is 2. The molecule has 0 saturated heterocycles. The Bertz CT molecular complexity index is 853. The maximum Gasteiger partial charge on any atom is 0.261 e. The van der Waals surface area contributed by atoms with E-state index >= 15 is 0 Å². The lowest BCUT2D eigenvalue weighted by Gasteiger charge is -2.22. The largest absolute Gasteiger partial charge is 0.449 e. The van der Waals surface area contributed by atoms with E-state index in [9.17, 15) is 9.59 Å². The maximum absolute atomic E-state index is 12.5. The average Bonchev–Trinajstić information content (AvgIpc) is 3.35. The summed E-state index contributed by atoms with van der Waals surface area (Å²) in [4.78, 5) is 30.6. The lowest BCUT2D eigenvalue weighted by Crippen LogP contribution is -2.33. The van der Waals surface area contributed by atoms with Crippen LogP contribution in [0.25, 0.3) is 0 Å². The summed E-state index contributed by atoms with van der Waals surface area (Å²) in [6.07, 6.45) is 11.2. The summed E-state index contributed by atoms with van der Waals surface area (Å²) in [6, 6.07) is 7.63. The van der Waals surface area contributed by atoms with Gasteiger partial charge in [0.25, 0.3) is 11.8 Å². The van der Waals surface area contributed by atoms with Gasteiger partial charge in [0.2, 0.25) is 0 Å². The molecule has 1 fully saturated rings. The van der Waals surface area contributed by atoms with Crippen molar-refractivity contribution in [2.45, 2.75) is 64.0 Å². The second-order valence-electron chi connectivity index (χ2n) is 8.47. The Hall–Kier alpha value is -2.51. The zero-order valence-electron chi connectivity index (χ0n) is 18.1. The number of rotatable bonds is 11. The summed E-state index contributed by atoms with van der Waals surface area (Å²) in [6.45, 7) is 3.15. The van der Waals surface area contributed by atoms with Crippen molar-refractivity contribution in [3.8, 4) is 0 Å². The van der Waals surface area contributed by atoms with E-state index in [0.717, 1.165) is 44.9 Å². The average molecular weight is 425 g/mol. The van der Waals surface area contributed by atoms with Gasteiger partial charge in [0, 0.05) is 12.5 Å². The number of nitrogens with zero attached hydrogens (tertiary/aromatic N) is 2. The zero-order valence-corrected chi connectivity index (χ0v) is 18.1. The molecule has 1 aromatic carbocycles. The fraction of sp³-hybridized carbons (Fsp3) is 0.542. The summed E-state index contributed by atoms with van der Waals surface area (Å²) in [7, 11) is 0. The highest BCUT2D eigenvalue weighted by Crippen LogP contribution is 2.24. The fourth-order valence-electron chi connectivity index (χ4n) is 4.40. The molecule has 7 nitrogen and oxygen atoms in total. The maximum atomic E-state index is 12.5. The first-order valence-electron chi connectivity index (χ1n) is 11.5. The smallest absolute Gasteiger partial charge is 0.261 e. The van der Waals surface area contributed by atoms with Crippen molar-refractivity contribution in [3.05, 3.63) is 53.2 Å². The molecule has 0 spiro atoms. The molecule has 1 saturated carbocycles. The Balaban J connectivity index is 1.11. The van der Waals surface area contributed by atoms with E-state index in [4.69, 9.17) is 4.42 Å². The first-order chi connectivity index (χ1) is 15.2. The van der Waals surface area contributed by atoms with Crippen LogP contribution in [-0.2, 0) is 13.0 Å². The van der Waals surface area contributed by atoms with Crippen LogP contribution in [0.3, 0.4) is 0 Å². The van der Waals surface area contributed by atoms with Crippen molar-refractivity contribution in [2.75, 3.05) is 19.6 Å². The van der Waals surface area contributed by atoms with Gasteiger partial charge in [-0.3, -0.25) is 14.5 Å². The molecule has 1 aliphatic carbocycles. The zero-order chi connectivity index (χ0) is 21.5. The number of oxazole rings is 1. The van der Waals surface area contributed by atoms with Gasteiger partial charge in [-0.1, -0.05) is 31.4 Å². The Labute approximate surface area is 183 Å². The van der Waals surface area contributed by atoms with Gasteiger partial charge in [-0.25, -0.2) is 4.98 Å². The van der Waals surface area contributed by atoms with Crippen LogP contribution < -0.4 is 10.6 Å². The van der Waals surface area contributed by atoms with Crippen LogP contribution >= 0.6 is 0 Å². The number of carbonyl (C=O) groups is 2. The minimum atomic E-state index is -0.271. The summed E-state index contributed by atoms with van der Waals surface area (Å²) >= 11 is 0. The molecule has 2 aromatic rings. The van der Waals surface area contributed by atoms with Crippen LogP contribution in [0.2, 0.25) is 0 Å². The highest BCUT2D eigenvalue weighted by molar-refractivity contribution is 6.21. The first kappa shape index (κ1) is 21.7. The van der Waals surface area contributed by atoms with Gasteiger partial charge >= 0.3 is 0 Å². The minimum Gasteiger partial charge on any atom is -0.449 e. The van der Waals surface area contributed by atoms with Gasteiger partial charge in [0.15, 0.2) is 5.89 Å². The van der Waals surface area contributed by atoms with Crippen LogP contribution in [0.4, 0.5) is 0 Å². The van der Waals surface area contributed by atoms with Crippen molar-refractivity contribution < 1.29 is 14.0 Å². The first-order valence-corrected chi connectivity index (χ1v) is 11.5. The van der Waals surface area contributed by atoms with Gasteiger partial charge in [-0.15, -0.1) is 0 Å². The minimum absolute atomic E-state index is 0.141. The molecule has 2 N–H and O–H groups in total. The lowest BCUT2D eigenvalue weighted by molar-refractivity contribution is 0.0640. The summed E-state index contributed by atoms with van der Waals surface area (Å²) < 4.78 is 5.54. The van der Waals surface area contributed by atoms with Crippen molar-refractivity contribution in [2.24, 2.45) is 0 Å². The molecule has 0 radical (unpaired) electrons. The van der Waals surface area contributed by atoms with Crippen LogP contribution in [0, 0.1) is 0 Å². The van der Waals surface area contributed by atoms with E-state index < -0.39 is 0 Å². The fourth-order valence-corrected chi connectivity index (χ4v) is 4.40. The molecule has 0 atom stereocenters. The monoisotopic (exact) mass is 424 g/mol. The van der Waals surface area contributed by atoms with Crippen molar-refractivity contribution in [1.29, 1.82) is 0 Å². The number of aryl methyl sites for hydroxylation is 1.